The van der Waals surface area contributed by atoms with Crippen molar-refractivity contribution in [2.45, 2.75) is 11.5 Å². The quantitative estimate of drug-likeness (QED) is 0.606. The van der Waals surface area contributed by atoms with E-state index in [-0.39, 0.29) is 21.9 Å². The van der Waals surface area contributed by atoms with Gasteiger partial charge in [0.2, 0.25) is 18.1 Å². The van der Waals surface area contributed by atoms with Crippen molar-refractivity contribution < 1.29 is 21.2 Å². The molecule has 6 nitrogen and oxygen atoms in total. The second-order valence-electron chi connectivity index (χ2n) is 5.20. The molecule has 0 amide bonds. The third-order valence-electron chi connectivity index (χ3n) is 3.01. The summed E-state index contributed by atoms with van der Waals surface area (Å²) in [5, 5.41) is 17.4. The molecule has 0 spiro atoms. The summed E-state index contributed by atoms with van der Waals surface area (Å²) in [6.45, 7) is 0. The van der Waals surface area contributed by atoms with E-state index in [0.717, 1.165) is 12.1 Å². The zero-order valence-corrected chi connectivity index (χ0v) is 17.6. The van der Waals surface area contributed by atoms with Gasteiger partial charge in [-0.3, -0.25) is 0 Å². The lowest BCUT2D eigenvalue weighted by Gasteiger charge is -2.01. The predicted octanol–water partition coefficient (Wildman–Crippen LogP) is 4.05. The van der Waals surface area contributed by atoms with E-state index in [1.165, 1.54) is 24.3 Å². The largest absolute Gasteiger partial charge is 0.236 e. The summed E-state index contributed by atoms with van der Waals surface area (Å²) in [6, 6.07) is 11.5. The van der Waals surface area contributed by atoms with Crippen LogP contribution in [0.3, 0.4) is 0 Å². The van der Waals surface area contributed by atoms with Crippen LogP contribution in [0.4, 0.5) is 4.39 Å². The molecule has 2 aromatic rings. The van der Waals surface area contributed by atoms with Gasteiger partial charge in [-0.15, -0.1) is 0 Å². The topological polar surface area (TPSA) is 116 Å². The number of nitrogens with zero attached hydrogens (tertiary/aromatic N) is 2. The fraction of sp³-hybridized carbons (Fsp3) is 0.125. The van der Waals surface area contributed by atoms with Crippen molar-refractivity contribution in [2.75, 3.05) is 0 Å². The molecule has 12 heteroatoms. The van der Waals surface area contributed by atoms with Crippen LogP contribution in [0.2, 0.25) is 5.02 Å². The molecular formula is C16H10Cl3FN2O4S2. The minimum absolute atomic E-state index is 0.0981. The van der Waals surface area contributed by atoms with Crippen LogP contribution in [0.15, 0.2) is 36.4 Å². The number of hydrogen-bond donors (Lipinski definition) is 0. The first-order valence-electron chi connectivity index (χ1n) is 7.06. The lowest BCUT2D eigenvalue weighted by Crippen LogP contribution is -1.98. The molecule has 148 valence electrons. The van der Waals surface area contributed by atoms with E-state index in [2.05, 4.69) is 0 Å². The second-order valence-corrected chi connectivity index (χ2v) is 11.2. The third kappa shape index (κ3) is 8.87. The van der Waals surface area contributed by atoms with Gasteiger partial charge in [-0.05, 0) is 42.0 Å². The molecule has 0 heterocycles. The molecule has 0 unspecified atom stereocenters. The first-order chi connectivity index (χ1) is 12.8. The Morgan fingerprint density at radius 1 is 0.821 bits per heavy atom. The van der Waals surface area contributed by atoms with Crippen LogP contribution in [0.25, 0.3) is 0 Å². The molecule has 0 aliphatic heterocycles. The van der Waals surface area contributed by atoms with Gasteiger partial charge in [-0.1, -0.05) is 11.6 Å². The van der Waals surface area contributed by atoms with Gasteiger partial charge >= 0.3 is 0 Å². The first-order valence-corrected chi connectivity index (χ1v) is 12.4. The van der Waals surface area contributed by atoms with Crippen LogP contribution in [0.1, 0.15) is 22.3 Å². The summed E-state index contributed by atoms with van der Waals surface area (Å²) in [4.78, 5) is 0. The third-order valence-corrected chi connectivity index (χ3v) is 5.34. The highest BCUT2D eigenvalue weighted by atomic mass is 35.7. The van der Waals surface area contributed by atoms with Gasteiger partial charge in [0.05, 0.1) is 34.8 Å². The van der Waals surface area contributed by atoms with E-state index in [9.17, 15) is 21.2 Å². The smallest absolute Gasteiger partial charge is 0.212 e. The Morgan fingerprint density at radius 3 is 1.71 bits per heavy atom. The van der Waals surface area contributed by atoms with Gasteiger partial charge in [0.25, 0.3) is 0 Å². The summed E-state index contributed by atoms with van der Waals surface area (Å²) in [5.41, 5.74) is 0.784. The maximum Gasteiger partial charge on any atom is 0.236 e. The summed E-state index contributed by atoms with van der Waals surface area (Å²) < 4.78 is 55.9. The standard InChI is InChI=1S/C8H5Cl2NO2S.C8H5ClFNO2S/c9-8-2-1-6(4-11)3-7(8)5-14(10,12)13;9-14(12,13)5-7-3-6(4-11)1-2-8(7)10/h2*1-3H,5H2. The lowest BCUT2D eigenvalue weighted by molar-refractivity contribution is 0.597. The lowest BCUT2D eigenvalue weighted by atomic mass is 10.1. The molecule has 0 aliphatic carbocycles. The Labute approximate surface area is 175 Å². The highest BCUT2D eigenvalue weighted by Gasteiger charge is 2.12. The van der Waals surface area contributed by atoms with Crippen molar-refractivity contribution >= 4 is 51.1 Å². The van der Waals surface area contributed by atoms with Crippen LogP contribution in [-0.4, -0.2) is 16.8 Å². The summed E-state index contributed by atoms with van der Waals surface area (Å²) in [7, 11) is 2.58. The normalized spacial score (nSPS) is 10.9. The average molecular weight is 484 g/mol. The van der Waals surface area contributed by atoms with Crippen LogP contribution < -0.4 is 0 Å². The number of rotatable bonds is 4. The van der Waals surface area contributed by atoms with Crippen molar-refractivity contribution in [2.24, 2.45) is 0 Å². The monoisotopic (exact) mass is 482 g/mol. The molecular weight excluding hydrogens is 474 g/mol. The van der Waals surface area contributed by atoms with E-state index < -0.39 is 29.7 Å². The van der Waals surface area contributed by atoms with Gasteiger partial charge in [0.15, 0.2) is 0 Å². The Morgan fingerprint density at radius 2 is 1.25 bits per heavy atom. The average Bonchev–Trinajstić information content (AvgIpc) is 2.57. The minimum atomic E-state index is -3.80. The van der Waals surface area contributed by atoms with Crippen LogP contribution >= 0.6 is 33.0 Å². The van der Waals surface area contributed by atoms with Crippen molar-refractivity contribution in [3.63, 3.8) is 0 Å². The molecule has 28 heavy (non-hydrogen) atoms. The van der Waals surface area contributed by atoms with Crippen molar-refractivity contribution in [1.82, 2.24) is 0 Å². The minimum Gasteiger partial charge on any atom is -0.212 e. The van der Waals surface area contributed by atoms with Crippen molar-refractivity contribution in [3.05, 3.63) is 69.5 Å². The van der Waals surface area contributed by atoms with Gasteiger partial charge < -0.3 is 0 Å². The zero-order chi connectivity index (χ0) is 21.5. The highest BCUT2D eigenvalue weighted by molar-refractivity contribution is 8.13. The number of benzene rings is 2. The molecule has 2 aromatic carbocycles. The molecule has 0 aliphatic rings. The molecule has 0 aromatic heterocycles. The molecule has 2 rings (SSSR count). The molecule has 0 radical (unpaired) electrons. The SMILES string of the molecule is N#Cc1ccc(Cl)c(CS(=O)(=O)Cl)c1.N#Cc1ccc(F)c(CS(=O)(=O)Cl)c1. The number of halogens is 4. The molecule has 0 bridgehead atoms. The van der Waals surface area contributed by atoms with E-state index in [1.807, 2.05) is 6.07 Å². The van der Waals surface area contributed by atoms with E-state index in [1.54, 1.807) is 6.07 Å². The van der Waals surface area contributed by atoms with E-state index in [4.69, 9.17) is 43.5 Å². The Kier molecular flexibility index (Phi) is 8.68. The Bertz CT molecular complexity index is 1080. The van der Waals surface area contributed by atoms with Gasteiger partial charge in [-0.25, -0.2) is 21.2 Å². The highest BCUT2D eigenvalue weighted by Crippen LogP contribution is 2.21. The summed E-state index contributed by atoms with van der Waals surface area (Å²) in [6.07, 6.45) is 0. The summed E-state index contributed by atoms with van der Waals surface area (Å²) in [5.74, 6) is -1.67. The van der Waals surface area contributed by atoms with Gasteiger partial charge in [0, 0.05) is 32.0 Å². The van der Waals surface area contributed by atoms with Crippen molar-refractivity contribution in [1.29, 1.82) is 10.5 Å². The second kappa shape index (κ2) is 10.1. The summed E-state index contributed by atoms with van der Waals surface area (Å²) >= 11 is 5.73. The van der Waals surface area contributed by atoms with Gasteiger partial charge in [-0.2, -0.15) is 10.5 Å². The molecule has 0 saturated carbocycles. The number of nitriles is 2. The van der Waals surface area contributed by atoms with Crippen LogP contribution in [0.5, 0.6) is 0 Å². The van der Waals surface area contributed by atoms with E-state index in [0.29, 0.717) is 11.1 Å². The van der Waals surface area contributed by atoms with Crippen LogP contribution in [-0.2, 0) is 29.6 Å². The number of hydrogen-bond acceptors (Lipinski definition) is 6. The first kappa shape index (κ1) is 24.2. The fourth-order valence-electron chi connectivity index (χ4n) is 1.88. The molecule has 0 N–H and O–H groups in total. The van der Waals surface area contributed by atoms with E-state index >= 15 is 0 Å². The predicted molar refractivity (Wildman–Crippen MR) is 104 cm³/mol. The Hall–Kier alpha value is -1.88. The fourth-order valence-corrected chi connectivity index (χ4v) is 4.05. The Balaban J connectivity index is 0.000000280. The molecule has 0 saturated heterocycles. The molecule has 0 fully saturated rings. The molecule has 0 atom stereocenters. The van der Waals surface area contributed by atoms with Crippen LogP contribution in [0, 0.1) is 28.5 Å². The maximum atomic E-state index is 13.0. The van der Waals surface area contributed by atoms with Crippen molar-refractivity contribution in [3.8, 4) is 12.1 Å². The maximum absolute atomic E-state index is 13.0. The zero-order valence-electron chi connectivity index (χ0n) is 13.7. The van der Waals surface area contributed by atoms with Gasteiger partial charge in [0.1, 0.15) is 5.82 Å².